The van der Waals surface area contributed by atoms with Crippen LogP contribution in [0.4, 0.5) is 6.01 Å². The number of carbonyl (C=O) groups is 1. The summed E-state index contributed by atoms with van der Waals surface area (Å²) in [5.74, 6) is 0.260. The maximum Gasteiger partial charge on any atom is 0.318 e. The SMILES string of the molecule is Cc1cc(C)c2[nH]c(=O)c(C(=O)N3CCN(c4nnc(C)o4)CC3)cc2c1. The van der Waals surface area contributed by atoms with Crippen molar-refractivity contribution >= 4 is 22.8 Å². The second-order valence-corrected chi connectivity index (χ2v) is 6.94. The van der Waals surface area contributed by atoms with Crippen LogP contribution in [0.3, 0.4) is 0 Å². The number of carbonyl (C=O) groups excluding carboxylic acids is 1. The molecule has 1 aromatic carbocycles. The van der Waals surface area contributed by atoms with E-state index in [2.05, 4.69) is 15.2 Å². The van der Waals surface area contributed by atoms with Crippen molar-refractivity contribution in [1.82, 2.24) is 20.1 Å². The Hall–Kier alpha value is -3.16. The fraction of sp³-hybridized carbons (Fsp3) is 0.368. The molecule has 1 saturated heterocycles. The number of pyridine rings is 1. The van der Waals surface area contributed by atoms with Crippen LogP contribution in [0, 0.1) is 20.8 Å². The minimum atomic E-state index is -0.352. The molecule has 0 atom stereocenters. The number of amides is 1. The second kappa shape index (κ2) is 6.53. The van der Waals surface area contributed by atoms with Gasteiger partial charge in [-0.15, -0.1) is 5.10 Å². The first-order valence-corrected chi connectivity index (χ1v) is 8.91. The van der Waals surface area contributed by atoms with Crippen LogP contribution in [0.15, 0.2) is 27.4 Å². The Bertz CT molecular complexity index is 1080. The van der Waals surface area contributed by atoms with Crippen LogP contribution < -0.4 is 10.5 Å². The highest BCUT2D eigenvalue weighted by Gasteiger charge is 2.26. The smallest absolute Gasteiger partial charge is 0.318 e. The van der Waals surface area contributed by atoms with E-state index in [1.807, 2.05) is 30.9 Å². The zero-order chi connectivity index (χ0) is 19.1. The van der Waals surface area contributed by atoms with Gasteiger partial charge in [0, 0.05) is 33.1 Å². The van der Waals surface area contributed by atoms with Crippen LogP contribution in [0.1, 0.15) is 27.4 Å². The largest absolute Gasteiger partial charge is 0.408 e. The van der Waals surface area contributed by atoms with Gasteiger partial charge in [-0.25, -0.2) is 0 Å². The summed E-state index contributed by atoms with van der Waals surface area (Å²) in [5.41, 5.74) is 2.68. The lowest BCUT2D eigenvalue weighted by atomic mass is 10.0. The number of hydrogen-bond donors (Lipinski definition) is 1. The average molecular weight is 367 g/mol. The van der Waals surface area contributed by atoms with E-state index in [-0.39, 0.29) is 17.0 Å². The molecule has 0 saturated carbocycles. The Morgan fingerprint density at radius 3 is 2.48 bits per heavy atom. The maximum atomic E-state index is 12.9. The third kappa shape index (κ3) is 3.18. The topological polar surface area (TPSA) is 95.3 Å². The zero-order valence-corrected chi connectivity index (χ0v) is 15.6. The van der Waals surface area contributed by atoms with Crippen LogP contribution in [-0.2, 0) is 0 Å². The zero-order valence-electron chi connectivity index (χ0n) is 15.6. The quantitative estimate of drug-likeness (QED) is 0.742. The highest BCUT2D eigenvalue weighted by Crippen LogP contribution is 2.19. The van der Waals surface area contributed by atoms with Crippen molar-refractivity contribution in [2.75, 3.05) is 31.1 Å². The first-order valence-electron chi connectivity index (χ1n) is 8.91. The monoisotopic (exact) mass is 367 g/mol. The predicted octanol–water partition coefficient (Wildman–Crippen LogP) is 1.80. The molecule has 27 heavy (non-hydrogen) atoms. The number of fused-ring (bicyclic) bond motifs is 1. The van der Waals surface area contributed by atoms with Crippen molar-refractivity contribution in [3.05, 3.63) is 51.1 Å². The molecule has 3 aromatic rings. The van der Waals surface area contributed by atoms with Gasteiger partial charge in [0.1, 0.15) is 5.56 Å². The van der Waals surface area contributed by atoms with Gasteiger partial charge in [0.15, 0.2) is 0 Å². The van der Waals surface area contributed by atoms with Crippen LogP contribution >= 0.6 is 0 Å². The van der Waals surface area contributed by atoms with Crippen LogP contribution in [0.5, 0.6) is 0 Å². The first kappa shape index (κ1) is 17.3. The molecule has 1 fully saturated rings. The lowest BCUT2D eigenvalue weighted by molar-refractivity contribution is 0.0743. The van der Waals surface area contributed by atoms with E-state index >= 15 is 0 Å². The molecule has 2 aromatic heterocycles. The number of aryl methyl sites for hydroxylation is 3. The molecular formula is C19H21N5O3. The van der Waals surface area contributed by atoms with Crippen LogP contribution in [0.25, 0.3) is 10.9 Å². The van der Waals surface area contributed by atoms with Gasteiger partial charge in [0.2, 0.25) is 5.89 Å². The van der Waals surface area contributed by atoms with E-state index in [4.69, 9.17) is 4.42 Å². The molecule has 0 radical (unpaired) electrons. The van der Waals surface area contributed by atoms with E-state index in [9.17, 15) is 9.59 Å². The Morgan fingerprint density at radius 2 is 1.81 bits per heavy atom. The predicted molar refractivity (Wildman–Crippen MR) is 101 cm³/mol. The molecule has 0 bridgehead atoms. The molecule has 0 spiro atoms. The number of rotatable bonds is 2. The normalized spacial score (nSPS) is 14.8. The molecule has 1 N–H and O–H groups in total. The average Bonchev–Trinajstić information content (AvgIpc) is 3.08. The van der Waals surface area contributed by atoms with Crippen molar-refractivity contribution in [2.45, 2.75) is 20.8 Å². The standard InChI is InChI=1S/C19H21N5O3/c1-11-8-12(2)16-14(9-11)10-15(17(25)20-16)18(26)23-4-6-24(7-5-23)19-22-21-13(3)27-19/h8-10H,4-7H2,1-3H3,(H,20,25). The molecule has 140 valence electrons. The van der Waals surface area contributed by atoms with Gasteiger partial charge < -0.3 is 19.2 Å². The van der Waals surface area contributed by atoms with Gasteiger partial charge in [-0.3, -0.25) is 9.59 Å². The lowest BCUT2D eigenvalue weighted by Gasteiger charge is -2.33. The number of hydrogen-bond acceptors (Lipinski definition) is 6. The summed E-state index contributed by atoms with van der Waals surface area (Å²) in [4.78, 5) is 31.9. The van der Waals surface area contributed by atoms with Crippen molar-refractivity contribution in [2.24, 2.45) is 0 Å². The maximum absolute atomic E-state index is 12.9. The van der Waals surface area contributed by atoms with Gasteiger partial charge in [0.05, 0.1) is 5.52 Å². The van der Waals surface area contributed by atoms with Gasteiger partial charge in [0.25, 0.3) is 11.5 Å². The molecule has 1 amide bonds. The summed E-state index contributed by atoms with van der Waals surface area (Å²) in [6.07, 6.45) is 0. The molecule has 1 aliphatic heterocycles. The molecule has 0 aliphatic carbocycles. The van der Waals surface area contributed by atoms with Crippen LogP contribution in [-0.4, -0.2) is 52.2 Å². The number of aromatic nitrogens is 3. The van der Waals surface area contributed by atoms with Crippen molar-refractivity contribution in [1.29, 1.82) is 0 Å². The van der Waals surface area contributed by atoms with Gasteiger partial charge in [-0.05, 0) is 36.9 Å². The summed E-state index contributed by atoms with van der Waals surface area (Å²) in [6.45, 7) is 7.83. The Morgan fingerprint density at radius 1 is 1.07 bits per heavy atom. The van der Waals surface area contributed by atoms with Crippen LogP contribution in [0.2, 0.25) is 0 Å². The Balaban J connectivity index is 1.56. The van der Waals surface area contributed by atoms with E-state index in [1.165, 1.54) is 0 Å². The molecular weight excluding hydrogens is 346 g/mol. The van der Waals surface area contributed by atoms with E-state index in [0.717, 1.165) is 22.0 Å². The molecule has 8 heteroatoms. The Labute approximate surface area is 155 Å². The molecule has 0 unspecified atom stereocenters. The number of H-pyrrole nitrogens is 1. The number of nitrogens with one attached hydrogen (secondary N) is 1. The second-order valence-electron chi connectivity index (χ2n) is 6.94. The van der Waals surface area contributed by atoms with Gasteiger partial charge >= 0.3 is 6.01 Å². The third-order valence-corrected chi connectivity index (χ3v) is 4.88. The molecule has 1 aliphatic rings. The summed E-state index contributed by atoms with van der Waals surface area (Å²) in [7, 11) is 0. The Kier molecular flexibility index (Phi) is 4.18. The molecule has 8 nitrogen and oxygen atoms in total. The van der Waals surface area contributed by atoms with Crippen molar-refractivity contribution in [3.63, 3.8) is 0 Å². The summed E-state index contributed by atoms with van der Waals surface area (Å²) in [6, 6.07) is 6.15. The van der Waals surface area contributed by atoms with E-state index in [0.29, 0.717) is 38.1 Å². The summed E-state index contributed by atoms with van der Waals surface area (Å²) >= 11 is 0. The molecule has 3 heterocycles. The molecule has 4 rings (SSSR count). The number of benzene rings is 1. The minimum Gasteiger partial charge on any atom is -0.408 e. The highest BCUT2D eigenvalue weighted by molar-refractivity contribution is 5.97. The summed E-state index contributed by atoms with van der Waals surface area (Å²) < 4.78 is 5.44. The number of aromatic amines is 1. The van der Waals surface area contributed by atoms with Crippen molar-refractivity contribution in [3.8, 4) is 0 Å². The fourth-order valence-electron chi connectivity index (χ4n) is 3.53. The number of nitrogens with zero attached hydrogens (tertiary/aromatic N) is 4. The van der Waals surface area contributed by atoms with E-state index < -0.39 is 0 Å². The van der Waals surface area contributed by atoms with Crippen molar-refractivity contribution < 1.29 is 9.21 Å². The number of anilines is 1. The van der Waals surface area contributed by atoms with Gasteiger partial charge in [-0.1, -0.05) is 16.7 Å². The first-order chi connectivity index (χ1) is 12.9. The highest BCUT2D eigenvalue weighted by atomic mass is 16.4. The van der Waals surface area contributed by atoms with E-state index in [1.54, 1.807) is 17.9 Å². The lowest BCUT2D eigenvalue weighted by Crippen LogP contribution is -2.49. The fourth-order valence-corrected chi connectivity index (χ4v) is 3.53. The minimum absolute atomic E-state index is 0.176. The third-order valence-electron chi connectivity index (χ3n) is 4.88. The van der Waals surface area contributed by atoms with Gasteiger partial charge in [-0.2, -0.15) is 0 Å². The number of piperazine rings is 1. The summed E-state index contributed by atoms with van der Waals surface area (Å²) in [5, 5.41) is 8.72.